The Bertz CT molecular complexity index is 174. The molecule has 0 fully saturated rings. The monoisotopic (exact) mass is 328 g/mol. The quantitative estimate of drug-likeness (QED) is 0.231. The molecule has 0 aromatic heterocycles. The van der Waals surface area contributed by atoms with Crippen molar-refractivity contribution in [1.82, 2.24) is 0 Å². The number of alkyl halides is 1. The molecule has 20 heavy (non-hydrogen) atoms. The minimum absolute atomic E-state index is 0. The van der Waals surface area contributed by atoms with E-state index in [0.29, 0.717) is 6.42 Å². The van der Waals surface area contributed by atoms with Gasteiger partial charge < -0.3 is 31.8 Å². The summed E-state index contributed by atoms with van der Waals surface area (Å²) >= 11 is 5.54. The molecule has 8 heteroatoms. The van der Waals surface area contributed by atoms with Gasteiger partial charge in [-0.3, -0.25) is 0 Å². The molecule has 0 aliphatic heterocycles. The maximum absolute atomic E-state index is 10.3. The van der Waals surface area contributed by atoms with E-state index in [2.05, 4.69) is 6.92 Å². The number of carboxylic acids is 1. The number of hydrogen-bond donors (Lipinski definition) is 0. The molecule has 122 valence electrons. The maximum Gasteiger partial charge on any atom is 1.00 e. The first-order chi connectivity index (χ1) is 7.18. The summed E-state index contributed by atoms with van der Waals surface area (Å²) in [5.41, 5.74) is 0. The number of halogens is 1. The van der Waals surface area contributed by atoms with Gasteiger partial charge in [-0.25, -0.2) is 0 Å². The van der Waals surface area contributed by atoms with Crippen LogP contribution >= 0.6 is 11.6 Å². The fraction of sp³-hybridized carbons (Fsp3) is 0.917. The normalized spacial score (nSPS) is 9.50. The third-order valence-electron chi connectivity index (χ3n) is 2.57. The molecular formula is C12H30ClNaO6. The molecule has 0 spiro atoms. The summed E-state index contributed by atoms with van der Waals surface area (Å²) in [6.45, 7) is 2.21. The molecule has 0 heterocycles. The third kappa shape index (κ3) is 27.0. The Kier molecular flexibility index (Phi) is 51.7. The minimum Gasteiger partial charge on any atom is -0.549 e. The van der Waals surface area contributed by atoms with E-state index >= 15 is 0 Å². The molecule has 1 atom stereocenters. The summed E-state index contributed by atoms with van der Waals surface area (Å²) in [5.74, 6) is -1.14. The third-order valence-corrected chi connectivity index (χ3v) is 2.96. The average Bonchev–Trinajstić information content (AvgIpc) is 2.21. The van der Waals surface area contributed by atoms with Crippen molar-refractivity contribution in [3.63, 3.8) is 0 Å². The number of unbranched alkanes of at least 4 members (excludes halogenated alkanes) is 7. The topological polar surface area (TPSA) is 166 Å². The number of carbonyl (C=O) groups is 1. The Balaban J connectivity index is -0.0000000980. The molecule has 1 unspecified atom stereocenters. The van der Waals surface area contributed by atoms with Gasteiger partial charge in [0.2, 0.25) is 0 Å². The number of carbonyl (C=O) groups excluding carboxylic acids is 1. The van der Waals surface area contributed by atoms with Crippen LogP contribution in [0.1, 0.15) is 64.7 Å². The first kappa shape index (κ1) is 37.1. The van der Waals surface area contributed by atoms with Crippen LogP contribution in [0.15, 0.2) is 0 Å². The zero-order valence-electron chi connectivity index (χ0n) is 12.6. The van der Waals surface area contributed by atoms with E-state index in [9.17, 15) is 9.90 Å². The van der Waals surface area contributed by atoms with Crippen molar-refractivity contribution in [3.8, 4) is 0 Å². The van der Waals surface area contributed by atoms with Crippen LogP contribution in [-0.4, -0.2) is 33.3 Å². The van der Waals surface area contributed by atoms with Crippen LogP contribution in [0.3, 0.4) is 0 Å². The van der Waals surface area contributed by atoms with Gasteiger partial charge in [0.1, 0.15) is 0 Å². The van der Waals surface area contributed by atoms with Gasteiger partial charge in [0.15, 0.2) is 0 Å². The molecule has 0 amide bonds. The summed E-state index contributed by atoms with van der Waals surface area (Å²) in [4.78, 5) is 10.3. The second-order valence-electron chi connectivity index (χ2n) is 4.05. The zero-order valence-corrected chi connectivity index (χ0v) is 15.4. The Morgan fingerprint density at radius 3 is 1.60 bits per heavy atom. The molecular weight excluding hydrogens is 299 g/mol. The van der Waals surface area contributed by atoms with Crippen LogP contribution in [0.25, 0.3) is 0 Å². The molecule has 0 aromatic carbocycles. The average molecular weight is 329 g/mol. The van der Waals surface area contributed by atoms with E-state index in [-0.39, 0.29) is 51.5 Å². The maximum atomic E-state index is 10.3. The summed E-state index contributed by atoms with van der Waals surface area (Å²) in [7, 11) is 0. The Labute approximate surface area is 148 Å². The van der Waals surface area contributed by atoms with E-state index in [0.717, 1.165) is 12.8 Å². The van der Waals surface area contributed by atoms with Gasteiger partial charge in [-0.05, 0) is 6.42 Å². The fourth-order valence-electron chi connectivity index (χ4n) is 1.58. The van der Waals surface area contributed by atoms with Crippen molar-refractivity contribution < 1.29 is 61.4 Å². The SMILES string of the molecule is CCCCCCCCCCC(Cl)C(=O)[O-].O.O.O.O.[Na+]. The molecule has 0 bridgehead atoms. The molecule has 0 radical (unpaired) electrons. The number of carboxylic acid groups (broad SMARTS) is 1. The fourth-order valence-corrected chi connectivity index (χ4v) is 1.73. The number of rotatable bonds is 10. The van der Waals surface area contributed by atoms with Crippen LogP contribution in [0, 0.1) is 0 Å². The number of hydrogen-bond acceptors (Lipinski definition) is 2. The largest absolute Gasteiger partial charge is 1.00 e. The van der Waals surface area contributed by atoms with Crippen molar-refractivity contribution in [2.45, 2.75) is 70.1 Å². The van der Waals surface area contributed by atoms with Crippen LogP contribution < -0.4 is 34.7 Å². The Morgan fingerprint density at radius 1 is 0.900 bits per heavy atom. The zero-order chi connectivity index (χ0) is 11.5. The Hall–Kier alpha value is 0.600. The predicted molar refractivity (Wildman–Crippen MR) is 76.3 cm³/mol. The second kappa shape index (κ2) is 27.9. The van der Waals surface area contributed by atoms with E-state index in [1.54, 1.807) is 0 Å². The smallest absolute Gasteiger partial charge is 0.549 e. The van der Waals surface area contributed by atoms with E-state index < -0.39 is 11.3 Å². The Morgan fingerprint density at radius 2 is 1.25 bits per heavy atom. The summed E-state index contributed by atoms with van der Waals surface area (Å²) in [5, 5.41) is 9.49. The first-order valence-electron chi connectivity index (χ1n) is 6.03. The number of aliphatic carboxylic acids is 1. The molecule has 0 aromatic rings. The van der Waals surface area contributed by atoms with Crippen LogP contribution in [0.4, 0.5) is 0 Å². The van der Waals surface area contributed by atoms with Crippen LogP contribution in [-0.2, 0) is 4.79 Å². The van der Waals surface area contributed by atoms with Gasteiger partial charge in [0, 0.05) is 0 Å². The molecule has 0 aliphatic carbocycles. The second-order valence-corrected chi connectivity index (χ2v) is 4.58. The predicted octanol–water partition coefficient (Wildman–Crippen LogP) is -3.42. The summed E-state index contributed by atoms with van der Waals surface area (Å²) in [6, 6.07) is 0. The van der Waals surface area contributed by atoms with E-state index in [4.69, 9.17) is 11.6 Å². The van der Waals surface area contributed by atoms with Crippen molar-refractivity contribution >= 4 is 17.6 Å². The van der Waals surface area contributed by atoms with Crippen LogP contribution in [0.5, 0.6) is 0 Å². The van der Waals surface area contributed by atoms with Gasteiger partial charge >= 0.3 is 29.6 Å². The van der Waals surface area contributed by atoms with Gasteiger partial charge in [-0.15, -0.1) is 11.6 Å². The molecule has 0 rings (SSSR count). The minimum atomic E-state index is -1.14. The molecule has 0 saturated heterocycles. The standard InChI is InChI=1S/C12H23ClO2.Na.4H2O/c1-2-3-4-5-6-7-8-9-10-11(13)12(14)15;;;;;/h11H,2-10H2,1H3,(H,14,15);;4*1H2/q;+1;;;;/p-1. The van der Waals surface area contributed by atoms with Gasteiger partial charge in [0.25, 0.3) is 0 Å². The van der Waals surface area contributed by atoms with Crippen molar-refractivity contribution in [1.29, 1.82) is 0 Å². The van der Waals surface area contributed by atoms with Crippen molar-refractivity contribution in [2.75, 3.05) is 0 Å². The van der Waals surface area contributed by atoms with E-state index in [1.807, 2.05) is 0 Å². The van der Waals surface area contributed by atoms with Gasteiger partial charge in [-0.1, -0.05) is 58.3 Å². The van der Waals surface area contributed by atoms with Gasteiger partial charge in [-0.2, -0.15) is 0 Å². The van der Waals surface area contributed by atoms with Crippen LogP contribution in [0.2, 0.25) is 0 Å². The summed E-state index contributed by atoms with van der Waals surface area (Å²) in [6.07, 6.45) is 10.2. The van der Waals surface area contributed by atoms with Crippen molar-refractivity contribution in [3.05, 3.63) is 0 Å². The van der Waals surface area contributed by atoms with E-state index in [1.165, 1.54) is 38.5 Å². The molecule has 8 N–H and O–H groups in total. The van der Waals surface area contributed by atoms with Crippen molar-refractivity contribution in [2.24, 2.45) is 0 Å². The van der Waals surface area contributed by atoms with Gasteiger partial charge in [0.05, 0.1) is 11.3 Å². The molecule has 0 saturated carbocycles. The molecule has 0 aliphatic rings. The summed E-state index contributed by atoms with van der Waals surface area (Å²) < 4.78 is 0. The first-order valence-corrected chi connectivity index (χ1v) is 6.47. The molecule has 6 nitrogen and oxygen atoms in total.